The Bertz CT molecular complexity index is 537. The van der Waals surface area contributed by atoms with Crippen molar-refractivity contribution in [1.82, 2.24) is 9.80 Å². The van der Waals surface area contributed by atoms with Crippen LogP contribution in [-0.4, -0.2) is 53.1 Å². The number of hydrogen-bond donors (Lipinski definition) is 2. The summed E-state index contributed by atoms with van der Waals surface area (Å²) in [6, 6.07) is 5.73. The largest absolute Gasteiger partial charge is 0.465 e. The van der Waals surface area contributed by atoms with E-state index in [0.29, 0.717) is 5.69 Å². The van der Waals surface area contributed by atoms with E-state index in [1.54, 1.807) is 6.92 Å². The summed E-state index contributed by atoms with van der Waals surface area (Å²) in [5.74, 6) is 0.123. The number of carbonyl (C=O) groups excluding carboxylic acids is 1. The molecule has 1 aliphatic rings. The Balaban J connectivity index is 1.98. The summed E-state index contributed by atoms with van der Waals surface area (Å²) < 4.78 is 0. The third kappa shape index (κ3) is 4.46. The zero-order chi connectivity index (χ0) is 15.4. The van der Waals surface area contributed by atoms with Gasteiger partial charge in [-0.15, -0.1) is 0 Å². The van der Waals surface area contributed by atoms with Gasteiger partial charge in [0.15, 0.2) is 0 Å². The van der Waals surface area contributed by atoms with Crippen molar-refractivity contribution in [2.24, 2.45) is 0 Å². The lowest BCUT2D eigenvalue weighted by Gasteiger charge is -2.34. The van der Waals surface area contributed by atoms with Crippen LogP contribution in [0, 0.1) is 6.92 Å². The van der Waals surface area contributed by atoms with E-state index in [-0.39, 0.29) is 5.91 Å². The number of benzene rings is 1. The molecule has 1 fully saturated rings. The lowest BCUT2D eigenvalue weighted by Crippen LogP contribution is -2.47. The number of carboxylic acid groups (broad SMARTS) is 1. The lowest BCUT2D eigenvalue weighted by atomic mass is 10.1. The molecular weight excluding hydrogens is 270 g/mol. The van der Waals surface area contributed by atoms with E-state index in [2.05, 4.69) is 16.3 Å². The Morgan fingerprint density at radius 3 is 2.43 bits per heavy atom. The molecule has 6 heteroatoms. The van der Waals surface area contributed by atoms with Crippen LogP contribution in [0.1, 0.15) is 18.1 Å². The van der Waals surface area contributed by atoms with Crippen LogP contribution < -0.4 is 5.32 Å². The van der Waals surface area contributed by atoms with Gasteiger partial charge in [-0.2, -0.15) is 0 Å². The second-order valence-electron chi connectivity index (χ2n) is 5.42. The van der Waals surface area contributed by atoms with Gasteiger partial charge in [0, 0.05) is 45.3 Å². The molecule has 2 rings (SSSR count). The molecule has 1 aromatic carbocycles. The second kappa shape index (κ2) is 6.58. The Hall–Kier alpha value is -2.08. The van der Waals surface area contributed by atoms with E-state index in [1.807, 2.05) is 24.0 Å². The van der Waals surface area contributed by atoms with Crippen molar-refractivity contribution >= 4 is 17.7 Å². The predicted molar refractivity (Wildman–Crippen MR) is 80.4 cm³/mol. The van der Waals surface area contributed by atoms with E-state index in [0.717, 1.165) is 43.9 Å². The van der Waals surface area contributed by atoms with Gasteiger partial charge in [-0.05, 0) is 30.2 Å². The minimum Gasteiger partial charge on any atom is -0.465 e. The zero-order valence-corrected chi connectivity index (χ0v) is 12.4. The summed E-state index contributed by atoms with van der Waals surface area (Å²) >= 11 is 0. The first-order valence-electron chi connectivity index (χ1n) is 7.02. The molecule has 1 heterocycles. The first kappa shape index (κ1) is 15.3. The van der Waals surface area contributed by atoms with Crippen LogP contribution in [0.4, 0.5) is 10.5 Å². The number of nitrogens with one attached hydrogen (secondary N) is 1. The summed E-state index contributed by atoms with van der Waals surface area (Å²) in [6.07, 6.45) is -1.05. The number of piperazine rings is 1. The standard InChI is InChI=1S/C15H21N3O3/c1-11-7-13(9-14(8-11)16-15(20)21)10-17-3-5-18(6-4-17)12(2)19/h7-9,16H,3-6,10H2,1-2H3,(H,20,21). The van der Waals surface area contributed by atoms with Crippen LogP contribution in [0.15, 0.2) is 18.2 Å². The first-order valence-corrected chi connectivity index (χ1v) is 7.02. The van der Waals surface area contributed by atoms with Crippen molar-refractivity contribution < 1.29 is 14.7 Å². The molecule has 21 heavy (non-hydrogen) atoms. The Morgan fingerprint density at radius 1 is 1.19 bits per heavy atom. The predicted octanol–water partition coefficient (Wildman–Crippen LogP) is 1.75. The summed E-state index contributed by atoms with van der Waals surface area (Å²) in [5, 5.41) is 11.2. The van der Waals surface area contributed by atoms with E-state index in [9.17, 15) is 9.59 Å². The van der Waals surface area contributed by atoms with Crippen LogP contribution >= 0.6 is 0 Å². The van der Waals surface area contributed by atoms with Crippen molar-refractivity contribution in [2.45, 2.75) is 20.4 Å². The molecule has 2 amide bonds. The van der Waals surface area contributed by atoms with Crippen LogP contribution in [0.2, 0.25) is 0 Å². The highest BCUT2D eigenvalue weighted by atomic mass is 16.4. The fourth-order valence-electron chi connectivity index (χ4n) is 2.63. The number of hydrogen-bond acceptors (Lipinski definition) is 3. The Labute approximate surface area is 124 Å². The first-order chi connectivity index (χ1) is 9.94. The SMILES string of the molecule is CC(=O)N1CCN(Cc2cc(C)cc(NC(=O)O)c2)CC1. The highest BCUT2D eigenvalue weighted by Crippen LogP contribution is 2.17. The molecule has 0 bridgehead atoms. The van der Waals surface area contributed by atoms with Gasteiger partial charge in [-0.1, -0.05) is 6.07 Å². The minimum absolute atomic E-state index is 0.123. The van der Waals surface area contributed by atoms with Crippen LogP contribution in [0.3, 0.4) is 0 Å². The number of nitrogens with zero attached hydrogens (tertiary/aromatic N) is 2. The van der Waals surface area contributed by atoms with Crippen molar-refractivity contribution in [3.63, 3.8) is 0 Å². The van der Waals surface area contributed by atoms with Crippen LogP contribution in [-0.2, 0) is 11.3 Å². The van der Waals surface area contributed by atoms with Gasteiger partial charge >= 0.3 is 6.09 Å². The zero-order valence-electron chi connectivity index (χ0n) is 12.4. The number of rotatable bonds is 3. The summed E-state index contributed by atoms with van der Waals surface area (Å²) in [6.45, 7) is 7.50. The lowest BCUT2D eigenvalue weighted by molar-refractivity contribution is -0.130. The quantitative estimate of drug-likeness (QED) is 0.890. The van der Waals surface area contributed by atoms with E-state index < -0.39 is 6.09 Å². The number of anilines is 1. The van der Waals surface area contributed by atoms with E-state index in [4.69, 9.17) is 5.11 Å². The van der Waals surface area contributed by atoms with Gasteiger partial charge in [0.2, 0.25) is 5.91 Å². The molecule has 0 atom stereocenters. The van der Waals surface area contributed by atoms with Crippen LogP contribution in [0.5, 0.6) is 0 Å². The molecule has 0 unspecified atom stereocenters. The summed E-state index contributed by atoms with van der Waals surface area (Å²) in [4.78, 5) is 26.1. The van der Waals surface area contributed by atoms with Gasteiger partial charge in [0.05, 0.1) is 0 Å². The third-order valence-corrected chi connectivity index (χ3v) is 3.61. The molecule has 1 saturated heterocycles. The number of amides is 2. The monoisotopic (exact) mass is 291 g/mol. The minimum atomic E-state index is -1.05. The Kier molecular flexibility index (Phi) is 4.80. The topological polar surface area (TPSA) is 72.9 Å². The average molecular weight is 291 g/mol. The molecule has 6 nitrogen and oxygen atoms in total. The van der Waals surface area contributed by atoms with Crippen molar-refractivity contribution in [3.05, 3.63) is 29.3 Å². The molecular formula is C15H21N3O3. The van der Waals surface area contributed by atoms with Crippen molar-refractivity contribution in [2.75, 3.05) is 31.5 Å². The van der Waals surface area contributed by atoms with Gasteiger partial charge in [0.1, 0.15) is 0 Å². The molecule has 0 spiro atoms. The van der Waals surface area contributed by atoms with Gasteiger partial charge in [-0.25, -0.2) is 4.79 Å². The fourth-order valence-corrected chi connectivity index (χ4v) is 2.63. The molecule has 0 aliphatic carbocycles. The smallest absolute Gasteiger partial charge is 0.409 e. The van der Waals surface area contributed by atoms with Crippen molar-refractivity contribution in [3.8, 4) is 0 Å². The number of aryl methyl sites for hydroxylation is 1. The third-order valence-electron chi connectivity index (χ3n) is 3.61. The van der Waals surface area contributed by atoms with E-state index in [1.165, 1.54) is 0 Å². The highest BCUT2D eigenvalue weighted by molar-refractivity contribution is 5.83. The van der Waals surface area contributed by atoms with Crippen molar-refractivity contribution in [1.29, 1.82) is 0 Å². The maximum absolute atomic E-state index is 11.3. The fraction of sp³-hybridized carbons (Fsp3) is 0.467. The average Bonchev–Trinajstić information content (AvgIpc) is 2.37. The highest BCUT2D eigenvalue weighted by Gasteiger charge is 2.18. The Morgan fingerprint density at radius 2 is 1.86 bits per heavy atom. The second-order valence-corrected chi connectivity index (χ2v) is 5.42. The number of carbonyl (C=O) groups is 2. The molecule has 2 N–H and O–H groups in total. The maximum Gasteiger partial charge on any atom is 0.409 e. The molecule has 0 radical (unpaired) electrons. The summed E-state index contributed by atoms with van der Waals surface area (Å²) in [7, 11) is 0. The van der Waals surface area contributed by atoms with E-state index >= 15 is 0 Å². The molecule has 114 valence electrons. The molecule has 0 saturated carbocycles. The summed E-state index contributed by atoms with van der Waals surface area (Å²) in [5.41, 5.74) is 2.70. The van der Waals surface area contributed by atoms with Gasteiger partial charge in [0.25, 0.3) is 0 Å². The normalized spacial score (nSPS) is 15.8. The molecule has 1 aliphatic heterocycles. The molecule has 0 aromatic heterocycles. The van der Waals surface area contributed by atoms with Crippen LogP contribution in [0.25, 0.3) is 0 Å². The van der Waals surface area contributed by atoms with Gasteiger partial charge < -0.3 is 10.0 Å². The molecule has 1 aromatic rings. The van der Waals surface area contributed by atoms with Gasteiger partial charge in [-0.3, -0.25) is 15.0 Å². The maximum atomic E-state index is 11.3.